The van der Waals surface area contributed by atoms with Crippen molar-refractivity contribution in [1.82, 2.24) is 0 Å². The smallest absolute Gasteiger partial charge is 0.258 e. The number of nitro groups is 2. The Kier molecular flexibility index (Phi) is 6.42. The maximum absolute atomic E-state index is 10.6. The van der Waals surface area contributed by atoms with Gasteiger partial charge in [-0.15, -0.1) is 0 Å². The highest BCUT2D eigenvalue weighted by Gasteiger charge is 2.05. The average molecular weight is 328 g/mol. The topological polar surface area (TPSA) is 86.3 Å². The molecule has 126 valence electrons. The van der Waals surface area contributed by atoms with Crippen LogP contribution in [0.15, 0.2) is 48.5 Å². The van der Waals surface area contributed by atoms with Crippen molar-refractivity contribution in [2.24, 2.45) is 0 Å². The second kappa shape index (κ2) is 8.76. The summed E-state index contributed by atoms with van der Waals surface area (Å²) in [5, 5.41) is 21.2. The standard InChI is InChI=1S/C18H20N2O4/c21-19(22)17-11-7-15(8-12-17)5-3-1-2-4-6-16-9-13-18(14-10-16)20(23)24/h7-14H,1-6H2. The van der Waals surface area contributed by atoms with Crippen LogP contribution >= 0.6 is 0 Å². The first-order chi connectivity index (χ1) is 11.6. The second-order valence-corrected chi connectivity index (χ2v) is 5.76. The quantitative estimate of drug-likeness (QED) is 0.374. The van der Waals surface area contributed by atoms with Crippen molar-refractivity contribution in [3.05, 3.63) is 79.9 Å². The van der Waals surface area contributed by atoms with Crippen molar-refractivity contribution < 1.29 is 9.85 Å². The molecule has 6 nitrogen and oxygen atoms in total. The molecule has 2 aromatic carbocycles. The van der Waals surface area contributed by atoms with Gasteiger partial charge in [-0.25, -0.2) is 0 Å². The third kappa shape index (κ3) is 5.46. The number of hydrogen-bond donors (Lipinski definition) is 0. The van der Waals surface area contributed by atoms with Crippen molar-refractivity contribution in [2.75, 3.05) is 0 Å². The number of rotatable bonds is 9. The first kappa shape index (κ1) is 17.6. The van der Waals surface area contributed by atoms with E-state index in [9.17, 15) is 20.2 Å². The number of unbranched alkanes of at least 4 members (excludes halogenated alkanes) is 3. The molecule has 0 heterocycles. The molecule has 0 bridgehead atoms. The molecule has 0 aliphatic carbocycles. The van der Waals surface area contributed by atoms with Gasteiger partial charge >= 0.3 is 0 Å². The number of benzene rings is 2. The van der Waals surface area contributed by atoms with Crippen LogP contribution in [0.3, 0.4) is 0 Å². The molecule has 6 heteroatoms. The van der Waals surface area contributed by atoms with E-state index in [4.69, 9.17) is 0 Å². The molecule has 0 unspecified atom stereocenters. The molecular weight excluding hydrogens is 308 g/mol. The molecule has 0 radical (unpaired) electrons. The van der Waals surface area contributed by atoms with Gasteiger partial charge < -0.3 is 0 Å². The normalized spacial score (nSPS) is 10.5. The first-order valence-corrected chi connectivity index (χ1v) is 8.03. The van der Waals surface area contributed by atoms with E-state index >= 15 is 0 Å². The zero-order chi connectivity index (χ0) is 17.4. The van der Waals surface area contributed by atoms with Gasteiger partial charge in [0.05, 0.1) is 9.85 Å². The predicted molar refractivity (Wildman–Crippen MR) is 92.1 cm³/mol. The highest BCUT2D eigenvalue weighted by molar-refractivity contribution is 5.33. The van der Waals surface area contributed by atoms with Gasteiger partial charge in [-0.05, 0) is 36.8 Å². The van der Waals surface area contributed by atoms with Gasteiger partial charge in [0.2, 0.25) is 0 Å². The number of non-ortho nitro benzene ring substituents is 2. The van der Waals surface area contributed by atoms with Crippen molar-refractivity contribution in [1.29, 1.82) is 0 Å². The lowest BCUT2D eigenvalue weighted by molar-refractivity contribution is -0.385. The van der Waals surface area contributed by atoms with Crippen LogP contribution in [-0.2, 0) is 12.8 Å². The predicted octanol–water partition coefficient (Wildman–Crippen LogP) is 4.85. The van der Waals surface area contributed by atoms with Crippen LogP contribution in [0, 0.1) is 20.2 Å². The zero-order valence-corrected chi connectivity index (χ0v) is 13.4. The third-order valence-corrected chi connectivity index (χ3v) is 3.98. The van der Waals surface area contributed by atoms with E-state index < -0.39 is 0 Å². The van der Waals surface area contributed by atoms with Crippen molar-refractivity contribution in [3.8, 4) is 0 Å². The molecule has 0 N–H and O–H groups in total. The molecule has 0 amide bonds. The van der Waals surface area contributed by atoms with Crippen molar-refractivity contribution in [3.63, 3.8) is 0 Å². The van der Waals surface area contributed by atoms with Crippen LogP contribution in [0.25, 0.3) is 0 Å². The fourth-order valence-corrected chi connectivity index (χ4v) is 2.58. The molecule has 0 aromatic heterocycles. The van der Waals surface area contributed by atoms with E-state index in [-0.39, 0.29) is 21.2 Å². The summed E-state index contributed by atoms with van der Waals surface area (Å²) in [5.74, 6) is 0. The Morgan fingerprint density at radius 1 is 0.583 bits per heavy atom. The van der Waals surface area contributed by atoms with E-state index in [1.807, 2.05) is 24.3 Å². The van der Waals surface area contributed by atoms with Crippen molar-refractivity contribution in [2.45, 2.75) is 38.5 Å². The monoisotopic (exact) mass is 328 g/mol. The molecule has 0 saturated carbocycles. The van der Waals surface area contributed by atoms with Crippen molar-refractivity contribution >= 4 is 11.4 Å². The Morgan fingerprint density at radius 3 is 1.21 bits per heavy atom. The minimum atomic E-state index is -0.387. The molecule has 24 heavy (non-hydrogen) atoms. The van der Waals surface area contributed by atoms with E-state index in [0.717, 1.165) is 49.7 Å². The van der Waals surface area contributed by atoms with Gasteiger partial charge in [0.1, 0.15) is 0 Å². The van der Waals surface area contributed by atoms with Gasteiger partial charge in [-0.1, -0.05) is 37.1 Å². The molecule has 0 aliphatic rings. The van der Waals surface area contributed by atoms with E-state index in [1.165, 1.54) is 0 Å². The highest BCUT2D eigenvalue weighted by Crippen LogP contribution is 2.16. The summed E-state index contributed by atoms with van der Waals surface area (Å²) in [6, 6.07) is 13.4. The molecule has 2 rings (SSSR count). The van der Waals surface area contributed by atoms with Crippen LogP contribution < -0.4 is 0 Å². The second-order valence-electron chi connectivity index (χ2n) is 5.76. The third-order valence-electron chi connectivity index (χ3n) is 3.98. The Bertz CT molecular complexity index is 620. The number of nitrogens with zero attached hydrogens (tertiary/aromatic N) is 2. The molecule has 0 aliphatic heterocycles. The van der Waals surface area contributed by atoms with Gasteiger partial charge in [0.25, 0.3) is 11.4 Å². The van der Waals surface area contributed by atoms with E-state index in [1.54, 1.807) is 24.3 Å². The lowest BCUT2D eigenvalue weighted by Crippen LogP contribution is -1.91. The SMILES string of the molecule is O=[N+]([O-])c1ccc(CCCCCCc2ccc([N+](=O)[O-])cc2)cc1. The Balaban J connectivity index is 1.62. The fourth-order valence-electron chi connectivity index (χ4n) is 2.58. The summed E-state index contributed by atoms with van der Waals surface area (Å²) in [5.41, 5.74) is 2.50. The van der Waals surface area contributed by atoms with Gasteiger partial charge in [-0.3, -0.25) is 20.2 Å². The van der Waals surface area contributed by atoms with Crippen LogP contribution in [0.2, 0.25) is 0 Å². The molecular formula is C18H20N2O4. The van der Waals surface area contributed by atoms with Gasteiger partial charge in [0, 0.05) is 24.3 Å². The number of nitro benzene ring substituents is 2. The maximum Gasteiger partial charge on any atom is 0.269 e. The number of hydrogen-bond acceptors (Lipinski definition) is 4. The molecule has 0 fully saturated rings. The van der Waals surface area contributed by atoms with E-state index in [2.05, 4.69) is 0 Å². The van der Waals surface area contributed by atoms with Gasteiger partial charge in [0.15, 0.2) is 0 Å². The van der Waals surface area contributed by atoms with E-state index in [0.29, 0.717) is 0 Å². The van der Waals surface area contributed by atoms with Crippen LogP contribution in [-0.4, -0.2) is 9.85 Å². The lowest BCUT2D eigenvalue weighted by Gasteiger charge is -2.03. The largest absolute Gasteiger partial charge is 0.269 e. The first-order valence-electron chi connectivity index (χ1n) is 8.03. The number of aryl methyl sites for hydroxylation is 2. The molecule has 0 atom stereocenters. The molecule has 2 aromatic rings. The summed E-state index contributed by atoms with van der Waals surface area (Å²) < 4.78 is 0. The Labute approximate surface area is 140 Å². The maximum atomic E-state index is 10.6. The molecule has 0 spiro atoms. The lowest BCUT2D eigenvalue weighted by atomic mass is 10.0. The summed E-state index contributed by atoms with van der Waals surface area (Å²) in [4.78, 5) is 20.4. The Hall–Kier alpha value is -2.76. The molecule has 0 saturated heterocycles. The highest BCUT2D eigenvalue weighted by atomic mass is 16.6. The minimum absolute atomic E-state index is 0.127. The fraction of sp³-hybridized carbons (Fsp3) is 0.333. The zero-order valence-electron chi connectivity index (χ0n) is 13.4. The van der Waals surface area contributed by atoms with Crippen LogP contribution in [0.1, 0.15) is 36.8 Å². The average Bonchev–Trinajstić information content (AvgIpc) is 2.58. The minimum Gasteiger partial charge on any atom is -0.258 e. The van der Waals surface area contributed by atoms with Crippen LogP contribution in [0.4, 0.5) is 11.4 Å². The van der Waals surface area contributed by atoms with Crippen LogP contribution in [0.5, 0.6) is 0 Å². The summed E-state index contributed by atoms with van der Waals surface area (Å²) >= 11 is 0. The van der Waals surface area contributed by atoms with Gasteiger partial charge in [-0.2, -0.15) is 0 Å². The summed E-state index contributed by atoms with van der Waals surface area (Å²) in [6.07, 6.45) is 6.16. The summed E-state index contributed by atoms with van der Waals surface area (Å²) in [7, 11) is 0. The Morgan fingerprint density at radius 2 is 0.917 bits per heavy atom. The summed E-state index contributed by atoms with van der Waals surface area (Å²) in [6.45, 7) is 0.